The Balaban J connectivity index is 2.27. The fourth-order valence-corrected chi connectivity index (χ4v) is 2.13. The van der Waals surface area contributed by atoms with Crippen molar-refractivity contribution < 1.29 is 17.9 Å². The third-order valence-electron chi connectivity index (χ3n) is 3.00. The normalized spacial score (nSPS) is 11.2. The highest BCUT2D eigenvalue weighted by Crippen LogP contribution is 2.16. The Labute approximate surface area is 125 Å². The van der Waals surface area contributed by atoms with E-state index in [1.54, 1.807) is 6.92 Å². The van der Waals surface area contributed by atoms with E-state index in [4.69, 9.17) is 4.74 Å². The van der Waals surface area contributed by atoms with Crippen LogP contribution in [-0.2, 0) is 14.8 Å². The molecule has 0 saturated heterocycles. The maximum atomic E-state index is 11.5. The van der Waals surface area contributed by atoms with Gasteiger partial charge in [-0.25, -0.2) is 13.1 Å². The van der Waals surface area contributed by atoms with Gasteiger partial charge in [-0.1, -0.05) is 6.07 Å². The summed E-state index contributed by atoms with van der Waals surface area (Å²) < 4.78 is 30.1. The zero-order valence-corrected chi connectivity index (χ0v) is 13.4. The zero-order valence-electron chi connectivity index (χ0n) is 12.6. The lowest BCUT2D eigenvalue weighted by atomic mass is 10.1. The van der Waals surface area contributed by atoms with Crippen LogP contribution >= 0.6 is 0 Å². The average Bonchev–Trinajstić information content (AvgIpc) is 2.45. The first-order valence-electron chi connectivity index (χ1n) is 6.78. The minimum Gasteiger partial charge on any atom is -0.484 e. The number of hydrogen-bond donors (Lipinski definition) is 2. The van der Waals surface area contributed by atoms with Crippen LogP contribution in [0.4, 0.5) is 0 Å². The van der Waals surface area contributed by atoms with Crippen LogP contribution in [0.15, 0.2) is 18.2 Å². The highest BCUT2D eigenvalue weighted by Gasteiger charge is 2.06. The molecule has 1 amide bonds. The number of aryl methyl sites for hydroxylation is 2. The predicted molar refractivity (Wildman–Crippen MR) is 81.9 cm³/mol. The van der Waals surface area contributed by atoms with E-state index < -0.39 is 10.0 Å². The summed E-state index contributed by atoms with van der Waals surface area (Å²) in [5, 5.41) is 2.58. The molecule has 6 nitrogen and oxygen atoms in total. The number of carbonyl (C=O) groups is 1. The molecule has 0 aliphatic rings. The van der Waals surface area contributed by atoms with Crippen LogP contribution in [0.1, 0.15) is 18.1 Å². The van der Waals surface area contributed by atoms with Gasteiger partial charge in [-0.3, -0.25) is 4.79 Å². The summed E-state index contributed by atoms with van der Waals surface area (Å²) in [7, 11) is -3.21. The van der Waals surface area contributed by atoms with E-state index in [0.717, 1.165) is 11.1 Å². The van der Waals surface area contributed by atoms with Crippen molar-refractivity contribution in [2.75, 3.05) is 25.4 Å². The van der Waals surface area contributed by atoms with E-state index in [9.17, 15) is 13.2 Å². The lowest BCUT2D eigenvalue weighted by molar-refractivity contribution is -0.123. The topological polar surface area (TPSA) is 84.5 Å². The summed E-state index contributed by atoms with van der Waals surface area (Å²) >= 11 is 0. The van der Waals surface area contributed by atoms with Gasteiger partial charge in [0, 0.05) is 13.1 Å². The Morgan fingerprint density at radius 1 is 1.19 bits per heavy atom. The molecule has 0 heterocycles. The van der Waals surface area contributed by atoms with Gasteiger partial charge in [0.15, 0.2) is 6.61 Å². The molecule has 2 N–H and O–H groups in total. The van der Waals surface area contributed by atoms with Crippen molar-refractivity contribution in [2.24, 2.45) is 0 Å². The lowest BCUT2D eigenvalue weighted by Gasteiger charge is -2.09. The number of sulfonamides is 1. The van der Waals surface area contributed by atoms with Crippen molar-refractivity contribution in [3.63, 3.8) is 0 Å². The van der Waals surface area contributed by atoms with Crippen LogP contribution in [0.3, 0.4) is 0 Å². The van der Waals surface area contributed by atoms with E-state index in [0.29, 0.717) is 5.75 Å². The summed E-state index contributed by atoms with van der Waals surface area (Å²) in [6, 6.07) is 5.62. The van der Waals surface area contributed by atoms with Gasteiger partial charge in [0.05, 0.1) is 5.75 Å². The van der Waals surface area contributed by atoms with Gasteiger partial charge in [0.25, 0.3) is 5.91 Å². The van der Waals surface area contributed by atoms with E-state index in [2.05, 4.69) is 10.0 Å². The number of rotatable bonds is 8. The molecule has 1 rings (SSSR count). The molecule has 1 aromatic carbocycles. The first kappa shape index (κ1) is 17.5. The summed E-state index contributed by atoms with van der Waals surface area (Å²) in [5.41, 5.74) is 2.26. The van der Waals surface area contributed by atoms with Gasteiger partial charge < -0.3 is 10.1 Å². The first-order chi connectivity index (χ1) is 9.84. The largest absolute Gasteiger partial charge is 0.484 e. The number of nitrogens with one attached hydrogen (secondary N) is 2. The first-order valence-corrected chi connectivity index (χ1v) is 8.43. The molecule has 1 aromatic rings. The molecule has 0 saturated carbocycles. The molecule has 0 spiro atoms. The monoisotopic (exact) mass is 314 g/mol. The van der Waals surface area contributed by atoms with Crippen LogP contribution in [0.2, 0.25) is 0 Å². The van der Waals surface area contributed by atoms with Gasteiger partial charge in [-0.15, -0.1) is 0 Å². The summed E-state index contributed by atoms with van der Waals surface area (Å²) in [5.74, 6) is 0.375. The SMILES string of the molecule is CCS(=O)(=O)NCCNC(=O)COc1ccc(C)c(C)c1. The van der Waals surface area contributed by atoms with E-state index in [-0.39, 0.29) is 31.4 Å². The molecule has 0 bridgehead atoms. The van der Waals surface area contributed by atoms with Gasteiger partial charge in [-0.2, -0.15) is 0 Å². The third-order valence-corrected chi connectivity index (χ3v) is 4.40. The Bertz CT molecular complexity index is 585. The van der Waals surface area contributed by atoms with Crippen molar-refractivity contribution in [2.45, 2.75) is 20.8 Å². The van der Waals surface area contributed by atoms with Gasteiger partial charge in [-0.05, 0) is 44.0 Å². The van der Waals surface area contributed by atoms with Crippen molar-refractivity contribution >= 4 is 15.9 Å². The van der Waals surface area contributed by atoms with Gasteiger partial charge in [0.2, 0.25) is 10.0 Å². The van der Waals surface area contributed by atoms with Crippen LogP contribution in [0.5, 0.6) is 5.75 Å². The van der Waals surface area contributed by atoms with Crippen molar-refractivity contribution in [3.8, 4) is 5.75 Å². The minimum atomic E-state index is -3.21. The summed E-state index contributed by atoms with van der Waals surface area (Å²) in [6.07, 6.45) is 0. The van der Waals surface area contributed by atoms with Gasteiger partial charge in [0.1, 0.15) is 5.75 Å². The molecular formula is C14H22N2O4S. The van der Waals surface area contributed by atoms with Crippen LogP contribution < -0.4 is 14.8 Å². The quantitative estimate of drug-likeness (QED) is 0.693. The lowest BCUT2D eigenvalue weighted by Crippen LogP contribution is -2.37. The van der Waals surface area contributed by atoms with Crippen LogP contribution in [0.25, 0.3) is 0 Å². The number of benzene rings is 1. The molecule has 0 unspecified atom stereocenters. The van der Waals surface area contributed by atoms with Crippen molar-refractivity contribution in [1.29, 1.82) is 0 Å². The molecule has 0 aliphatic heterocycles. The summed E-state index contributed by atoms with van der Waals surface area (Å²) in [6.45, 7) is 5.84. The maximum absolute atomic E-state index is 11.5. The molecule has 0 aromatic heterocycles. The number of hydrogen-bond acceptors (Lipinski definition) is 4. The van der Waals surface area contributed by atoms with Gasteiger partial charge >= 0.3 is 0 Å². The fraction of sp³-hybridized carbons (Fsp3) is 0.500. The summed E-state index contributed by atoms with van der Waals surface area (Å²) in [4.78, 5) is 11.5. The maximum Gasteiger partial charge on any atom is 0.257 e. The van der Waals surface area contributed by atoms with E-state index in [1.165, 1.54) is 0 Å². The predicted octanol–water partition coefficient (Wildman–Crippen LogP) is 0.738. The minimum absolute atomic E-state index is 0.0246. The molecular weight excluding hydrogens is 292 g/mol. The highest BCUT2D eigenvalue weighted by molar-refractivity contribution is 7.89. The Morgan fingerprint density at radius 2 is 1.90 bits per heavy atom. The van der Waals surface area contributed by atoms with E-state index >= 15 is 0 Å². The number of ether oxygens (including phenoxy) is 1. The molecule has 0 aliphatic carbocycles. The zero-order chi connectivity index (χ0) is 15.9. The molecule has 21 heavy (non-hydrogen) atoms. The third kappa shape index (κ3) is 6.59. The Morgan fingerprint density at radius 3 is 2.52 bits per heavy atom. The second-order valence-electron chi connectivity index (χ2n) is 4.68. The molecule has 118 valence electrons. The van der Waals surface area contributed by atoms with Crippen molar-refractivity contribution in [3.05, 3.63) is 29.3 Å². The highest BCUT2D eigenvalue weighted by atomic mass is 32.2. The second kappa shape index (κ2) is 7.99. The fourth-order valence-electron chi connectivity index (χ4n) is 1.51. The average molecular weight is 314 g/mol. The molecule has 7 heteroatoms. The van der Waals surface area contributed by atoms with Crippen LogP contribution in [0, 0.1) is 13.8 Å². The van der Waals surface area contributed by atoms with Crippen LogP contribution in [-0.4, -0.2) is 39.8 Å². The molecule has 0 fully saturated rings. The Hall–Kier alpha value is -1.60. The second-order valence-corrected chi connectivity index (χ2v) is 6.78. The standard InChI is InChI=1S/C14H22N2O4S/c1-4-21(18,19)16-8-7-15-14(17)10-20-13-6-5-11(2)12(3)9-13/h5-6,9,16H,4,7-8,10H2,1-3H3,(H,15,17). The van der Waals surface area contributed by atoms with Crippen molar-refractivity contribution in [1.82, 2.24) is 10.0 Å². The Kier molecular flexibility index (Phi) is 6.64. The van der Waals surface area contributed by atoms with E-state index in [1.807, 2.05) is 32.0 Å². The number of carbonyl (C=O) groups excluding carboxylic acids is 1. The smallest absolute Gasteiger partial charge is 0.257 e. The number of amides is 1. The molecule has 0 radical (unpaired) electrons. The molecule has 0 atom stereocenters.